The topological polar surface area (TPSA) is 156 Å². The average Bonchev–Trinajstić information content (AvgIpc) is 2.63. The number of amides is 1. The summed E-state index contributed by atoms with van der Waals surface area (Å²) in [6.07, 6.45) is -5.25. The lowest BCUT2D eigenvalue weighted by atomic mass is 10.0. The van der Waals surface area contributed by atoms with Gasteiger partial charge in [0.15, 0.2) is 6.29 Å². The molecule has 142 valence electrons. The van der Waals surface area contributed by atoms with Crippen LogP contribution in [0.15, 0.2) is 28.4 Å². The van der Waals surface area contributed by atoms with Crippen molar-refractivity contribution in [1.82, 2.24) is 10.3 Å². The highest BCUT2D eigenvalue weighted by Gasteiger charge is 2.30. The molecule has 0 saturated heterocycles. The second-order valence-electron chi connectivity index (χ2n) is 5.27. The zero-order valence-corrected chi connectivity index (χ0v) is 15.5. The lowest BCUT2D eigenvalue weighted by Gasteiger charge is -2.25. The van der Waals surface area contributed by atoms with E-state index in [1.165, 1.54) is 6.08 Å². The number of methoxy groups -OCH3 is 1. The molecule has 1 aromatic heterocycles. The smallest absolute Gasteiger partial charge is 0.262 e. The van der Waals surface area contributed by atoms with Crippen LogP contribution >= 0.6 is 15.9 Å². The van der Waals surface area contributed by atoms with E-state index in [0.29, 0.717) is 10.3 Å². The van der Waals surface area contributed by atoms with Gasteiger partial charge in [-0.15, -0.1) is 0 Å². The Labute approximate surface area is 158 Å². The number of hydrogen-bond acceptors (Lipinski definition) is 8. The molecule has 1 rings (SSSR count). The number of nitrogens with zero attached hydrogens (tertiary/aromatic N) is 2. The normalized spacial score (nSPS) is 16.3. The maximum atomic E-state index is 12.0. The number of hydrogen-bond donors (Lipinski definition) is 5. The van der Waals surface area contributed by atoms with Gasteiger partial charge in [0.25, 0.3) is 5.91 Å². The van der Waals surface area contributed by atoms with Gasteiger partial charge in [-0.3, -0.25) is 4.79 Å². The molecule has 0 aliphatic carbocycles. The van der Waals surface area contributed by atoms with Crippen molar-refractivity contribution in [2.45, 2.75) is 31.0 Å². The Morgan fingerprint density at radius 2 is 2.08 bits per heavy atom. The number of nitriles is 1. The summed E-state index contributed by atoms with van der Waals surface area (Å²) >= 11 is 3.19. The Morgan fingerprint density at radius 1 is 1.38 bits per heavy atom. The summed E-state index contributed by atoms with van der Waals surface area (Å²) in [5.74, 6) is -0.673. The Morgan fingerprint density at radius 3 is 2.65 bits per heavy atom. The minimum absolute atomic E-state index is 0.0716. The van der Waals surface area contributed by atoms with Gasteiger partial charge in [0.2, 0.25) is 0 Å². The predicted molar refractivity (Wildman–Crippen MR) is 94.2 cm³/mol. The number of aliphatic hydroxyl groups excluding tert-OH is 4. The maximum absolute atomic E-state index is 12.0. The summed E-state index contributed by atoms with van der Waals surface area (Å²) in [5.41, 5.74) is 0.235. The number of aromatic nitrogens is 1. The quantitative estimate of drug-likeness (QED) is 0.149. The first-order chi connectivity index (χ1) is 12.3. The third-order valence-corrected chi connectivity index (χ3v) is 3.84. The van der Waals surface area contributed by atoms with E-state index >= 15 is 0 Å². The van der Waals surface area contributed by atoms with Gasteiger partial charge in [-0.05, 0) is 40.6 Å². The van der Waals surface area contributed by atoms with E-state index in [-0.39, 0.29) is 18.5 Å². The van der Waals surface area contributed by atoms with Crippen LogP contribution in [-0.2, 0) is 9.53 Å². The fourth-order valence-corrected chi connectivity index (χ4v) is 2.29. The summed E-state index contributed by atoms with van der Waals surface area (Å²) < 4.78 is 5.00. The second-order valence-corrected chi connectivity index (χ2v) is 6.09. The standard InChI is InChI=1S/C16H20BrN3O6/c1-26-16(25)14(23)13(22)11(21)5-6-19-15(24)9(8-18)7-10-3-2-4-12(17)20-10/h2-4,7,11,13-14,16,21-23,25H,5-6H2,1H3,(H,19,24)/b9-7+/t11-,13-,14+,16-/m0/s1. The first-order valence-corrected chi connectivity index (χ1v) is 8.37. The van der Waals surface area contributed by atoms with E-state index in [0.717, 1.165) is 7.11 Å². The molecule has 0 unspecified atom stereocenters. The minimum Gasteiger partial charge on any atom is -0.390 e. The van der Waals surface area contributed by atoms with Crippen molar-refractivity contribution < 1.29 is 30.0 Å². The van der Waals surface area contributed by atoms with Gasteiger partial charge in [0.05, 0.1) is 11.8 Å². The van der Waals surface area contributed by atoms with Crippen molar-refractivity contribution in [2.75, 3.05) is 13.7 Å². The first kappa shape index (κ1) is 22.2. The Hall–Kier alpha value is -1.87. The fourth-order valence-electron chi connectivity index (χ4n) is 1.94. The van der Waals surface area contributed by atoms with E-state index in [4.69, 9.17) is 5.26 Å². The van der Waals surface area contributed by atoms with Gasteiger partial charge < -0.3 is 30.5 Å². The van der Waals surface area contributed by atoms with Crippen LogP contribution in [-0.4, -0.2) is 69.6 Å². The largest absolute Gasteiger partial charge is 0.390 e. The molecule has 0 saturated carbocycles. The second kappa shape index (κ2) is 11.0. The van der Waals surface area contributed by atoms with Crippen molar-refractivity contribution in [3.63, 3.8) is 0 Å². The van der Waals surface area contributed by atoms with E-state index < -0.39 is 30.5 Å². The predicted octanol–water partition coefficient (Wildman–Crippen LogP) is -0.695. The molecule has 5 N–H and O–H groups in total. The zero-order valence-electron chi connectivity index (χ0n) is 13.9. The molecule has 0 fully saturated rings. The number of aliphatic hydroxyl groups is 4. The van der Waals surface area contributed by atoms with E-state index in [1.54, 1.807) is 24.3 Å². The van der Waals surface area contributed by atoms with Crippen LogP contribution in [0, 0.1) is 11.3 Å². The van der Waals surface area contributed by atoms with Crippen LogP contribution in [0.1, 0.15) is 12.1 Å². The van der Waals surface area contributed by atoms with Crippen molar-refractivity contribution in [3.05, 3.63) is 34.1 Å². The van der Waals surface area contributed by atoms with Gasteiger partial charge >= 0.3 is 0 Å². The molecule has 4 atom stereocenters. The number of pyridine rings is 1. The molecular formula is C16H20BrN3O6. The van der Waals surface area contributed by atoms with Crippen LogP contribution < -0.4 is 5.32 Å². The molecule has 0 aliphatic rings. The third-order valence-electron chi connectivity index (χ3n) is 3.40. The van der Waals surface area contributed by atoms with Gasteiger partial charge in [-0.1, -0.05) is 6.07 Å². The van der Waals surface area contributed by atoms with Crippen LogP contribution in [0.5, 0.6) is 0 Å². The number of nitrogens with one attached hydrogen (secondary N) is 1. The zero-order chi connectivity index (χ0) is 19.7. The van der Waals surface area contributed by atoms with Crippen LogP contribution in [0.3, 0.4) is 0 Å². The lowest BCUT2D eigenvalue weighted by molar-refractivity contribution is -0.190. The molecule has 1 aromatic rings. The number of carbonyl (C=O) groups excluding carboxylic acids is 1. The van der Waals surface area contributed by atoms with Gasteiger partial charge in [0, 0.05) is 13.7 Å². The Balaban J connectivity index is 2.58. The Kier molecular flexibility index (Phi) is 9.36. The highest BCUT2D eigenvalue weighted by Crippen LogP contribution is 2.10. The fraction of sp³-hybridized carbons (Fsp3) is 0.438. The molecule has 1 heterocycles. The number of halogens is 1. The summed E-state index contributed by atoms with van der Waals surface area (Å²) in [7, 11) is 1.13. The Bertz CT molecular complexity index is 678. The lowest BCUT2D eigenvalue weighted by Crippen LogP contribution is -2.46. The highest BCUT2D eigenvalue weighted by atomic mass is 79.9. The molecule has 0 aromatic carbocycles. The number of carbonyl (C=O) groups is 1. The van der Waals surface area contributed by atoms with E-state index in [9.17, 15) is 25.2 Å². The third kappa shape index (κ3) is 6.80. The van der Waals surface area contributed by atoms with Crippen LogP contribution in [0.25, 0.3) is 6.08 Å². The van der Waals surface area contributed by atoms with Crippen molar-refractivity contribution in [3.8, 4) is 6.07 Å². The average molecular weight is 430 g/mol. The van der Waals surface area contributed by atoms with Gasteiger partial charge in [-0.2, -0.15) is 5.26 Å². The van der Waals surface area contributed by atoms with Crippen LogP contribution in [0.2, 0.25) is 0 Å². The van der Waals surface area contributed by atoms with E-state index in [1.807, 2.05) is 0 Å². The highest BCUT2D eigenvalue weighted by molar-refractivity contribution is 9.10. The van der Waals surface area contributed by atoms with Crippen molar-refractivity contribution >= 4 is 27.9 Å². The maximum Gasteiger partial charge on any atom is 0.262 e. The SMILES string of the molecule is CO[C@H](O)[C@H](O)[C@@H](O)[C@@H](O)CCNC(=O)/C(C#N)=C/c1cccc(Br)n1. The van der Waals surface area contributed by atoms with Crippen molar-refractivity contribution in [2.24, 2.45) is 0 Å². The molecule has 26 heavy (non-hydrogen) atoms. The molecule has 0 bridgehead atoms. The van der Waals surface area contributed by atoms with Gasteiger partial charge in [0.1, 0.15) is 28.5 Å². The number of rotatable bonds is 9. The minimum atomic E-state index is -1.71. The summed E-state index contributed by atoms with van der Waals surface area (Å²) in [5, 5.41) is 49.8. The summed E-state index contributed by atoms with van der Waals surface area (Å²) in [6, 6.07) is 6.79. The molecular weight excluding hydrogens is 410 g/mol. The molecule has 9 nitrogen and oxygen atoms in total. The molecule has 0 aliphatic heterocycles. The molecule has 0 spiro atoms. The summed E-state index contributed by atoms with van der Waals surface area (Å²) in [4.78, 5) is 16.1. The van der Waals surface area contributed by atoms with Crippen molar-refractivity contribution in [1.29, 1.82) is 5.26 Å². The monoisotopic (exact) mass is 429 g/mol. The van der Waals surface area contributed by atoms with Crippen LogP contribution in [0.4, 0.5) is 0 Å². The molecule has 1 amide bonds. The summed E-state index contributed by atoms with van der Waals surface area (Å²) in [6.45, 7) is -0.0716. The molecule has 10 heteroatoms. The number of ether oxygens (including phenoxy) is 1. The van der Waals surface area contributed by atoms with Gasteiger partial charge in [-0.25, -0.2) is 4.98 Å². The van der Waals surface area contributed by atoms with E-state index in [2.05, 4.69) is 31.0 Å². The molecule has 0 radical (unpaired) electrons. The first-order valence-electron chi connectivity index (χ1n) is 7.57.